The standard InChI is InChI=1S/C21H27N3O3/c1-14-3-7-16(8-4-14)23-21(25)20-18-12-27-19(11-24(18)13-22-20)15-5-9-17(26-2)10-6-15/h5-6,9-10,13-14,16,19H,3-4,7-8,11-12H2,1-2H3,(H,23,25)/t14?,16?,19-/m1/s1. The van der Waals surface area contributed by atoms with Gasteiger partial charge in [-0.2, -0.15) is 0 Å². The van der Waals surface area contributed by atoms with Crippen LogP contribution >= 0.6 is 0 Å². The van der Waals surface area contributed by atoms with E-state index in [9.17, 15) is 4.79 Å². The van der Waals surface area contributed by atoms with Crippen molar-refractivity contribution in [3.8, 4) is 5.75 Å². The number of nitrogens with zero attached hydrogens (tertiary/aromatic N) is 2. The predicted octanol–water partition coefficient (Wildman–Crippen LogP) is 3.47. The summed E-state index contributed by atoms with van der Waals surface area (Å²) in [6.07, 6.45) is 6.18. The molecule has 1 aliphatic heterocycles. The maximum atomic E-state index is 12.7. The first-order valence-electron chi connectivity index (χ1n) is 9.74. The number of benzene rings is 1. The van der Waals surface area contributed by atoms with Crippen LogP contribution < -0.4 is 10.1 Å². The van der Waals surface area contributed by atoms with Crippen molar-refractivity contribution < 1.29 is 14.3 Å². The van der Waals surface area contributed by atoms with Crippen LogP contribution in [0.3, 0.4) is 0 Å². The Morgan fingerprint density at radius 1 is 1.22 bits per heavy atom. The fourth-order valence-electron chi connectivity index (χ4n) is 4.00. The van der Waals surface area contributed by atoms with Gasteiger partial charge in [0, 0.05) is 6.04 Å². The highest BCUT2D eigenvalue weighted by Gasteiger charge is 2.28. The number of carbonyl (C=O) groups is 1. The molecule has 4 rings (SSSR count). The van der Waals surface area contributed by atoms with Crippen LogP contribution in [0.15, 0.2) is 30.6 Å². The highest BCUT2D eigenvalue weighted by molar-refractivity contribution is 5.93. The maximum Gasteiger partial charge on any atom is 0.272 e. The molecule has 1 fully saturated rings. The molecule has 1 amide bonds. The number of hydrogen-bond acceptors (Lipinski definition) is 4. The van der Waals surface area contributed by atoms with Crippen molar-refractivity contribution in [1.82, 2.24) is 14.9 Å². The van der Waals surface area contributed by atoms with E-state index >= 15 is 0 Å². The van der Waals surface area contributed by atoms with Crippen LogP contribution in [-0.4, -0.2) is 28.6 Å². The summed E-state index contributed by atoms with van der Waals surface area (Å²) in [5.74, 6) is 1.52. The van der Waals surface area contributed by atoms with Crippen LogP contribution in [0.2, 0.25) is 0 Å². The molecule has 27 heavy (non-hydrogen) atoms. The summed E-state index contributed by atoms with van der Waals surface area (Å²) < 4.78 is 13.3. The summed E-state index contributed by atoms with van der Waals surface area (Å²) in [4.78, 5) is 17.1. The van der Waals surface area contributed by atoms with Gasteiger partial charge in [-0.25, -0.2) is 4.98 Å². The van der Waals surface area contributed by atoms with E-state index in [4.69, 9.17) is 9.47 Å². The van der Waals surface area contributed by atoms with Gasteiger partial charge < -0.3 is 19.4 Å². The van der Waals surface area contributed by atoms with E-state index in [1.807, 2.05) is 28.8 Å². The minimum absolute atomic E-state index is 0.0478. The zero-order chi connectivity index (χ0) is 18.8. The number of amides is 1. The lowest BCUT2D eigenvalue weighted by Crippen LogP contribution is -2.38. The first kappa shape index (κ1) is 18.0. The van der Waals surface area contributed by atoms with E-state index in [-0.39, 0.29) is 18.1 Å². The molecule has 2 heterocycles. The number of rotatable bonds is 4. The van der Waals surface area contributed by atoms with Crippen molar-refractivity contribution in [2.24, 2.45) is 5.92 Å². The molecule has 2 aliphatic rings. The van der Waals surface area contributed by atoms with Gasteiger partial charge in [0.15, 0.2) is 5.69 Å². The van der Waals surface area contributed by atoms with E-state index in [0.29, 0.717) is 18.8 Å². The molecule has 1 N–H and O–H groups in total. The van der Waals surface area contributed by atoms with Gasteiger partial charge >= 0.3 is 0 Å². The van der Waals surface area contributed by atoms with Crippen LogP contribution in [0.25, 0.3) is 0 Å². The van der Waals surface area contributed by atoms with E-state index in [1.165, 1.54) is 12.8 Å². The number of hydrogen-bond donors (Lipinski definition) is 1. The number of fused-ring (bicyclic) bond motifs is 1. The van der Waals surface area contributed by atoms with Gasteiger partial charge in [0.1, 0.15) is 11.9 Å². The topological polar surface area (TPSA) is 65.4 Å². The zero-order valence-corrected chi connectivity index (χ0v) is 16.0. The second kappa shape index (κ2) is 7.72. The minimum atomic E-state index is -0.0743. The maximum absolute atomic E-state index is 12.7. The molecule has 1 aliphatic carbocycles. The summed E-state index contributed by atoms with van der Waals surface area (Å²) in [6, 6.07) is 8.17. The smallest absolute Gasteiger partial charge is 0.272 e. The second-order valence-electron chi connectivity index (χ2n) is 7.70. The van der Waals surface area contributed by atoms with Crippen molar-refractivity contribution in [1.29, 1.82) is 0 Å². The molecule has 0 bridgehead atoms. The molecule has 1 saturated carbocycles. The third kappa shape index (κ3) is 3.86. The lowest BCUT2D eigenvalue weighted by molar-refractivity contribution is 0.00253. The van der Waals surface area contributed by atoms with Crippen molar-refractivity contribution in [2.75, 3.05) is 7.11 Å². The number of methoxy groups -OCH3 is 1. The molecular formula is C21H27N3O3. The van der Waals surface area contributed by atoms with E-state index < -0.39 is 0 Å². The number of aromatic nitrogens is 2. The Morgan fingerprint density at radius 3 is 2.67 bits per heavy atom. The Morgan fingerprint density at radius 2 is 1.96 bits per heavy atom. The van der Waals surface area contributed by atoms with Gasteiger partial charge in [0.2, 0.25) is 0 Å². The molecule has 6 nitrogen and oxygen atoms in total. The van der Waals surface area contributed by atoms with Crippen molar-refractivity contribution >= 4 is 5.91 Å². The Hall–Kier alpha value is -2.34. The molecule has 0 saturated heterocycles. The first-order valence-corrected chi connectivity index (χ1v) is 9.74. The van der Waals surface area contributed by atoms with Gasteiger partial charge in [-0.05, 0) is 49.3 Å². The van der Waals surface area contributed by atoms with Crippen LogP contribution in [0.4, 0.5) is 0 Å². The van der Waals surface area contributed by atoms with Crippen LogP contribution in [0.1, 0.15) is 60.5 Å². The van der Waals surface area contributed by atoms with Crippen LogP contribution in [0, 0.1) is 5.92 Å². The van der Waals surface area contributed by atoms with Gasteiger partial charge in [-0.15, -0.1) is 0 Å². The van der Waals surface area contributed by atoms with E-state index in [1.54, 1.807) is 13.4 Å². The molecule has 6 heteroatoms. The number of imidazole rings is 1. The summed E-state index contributed by atoms with van der Waals surface area (Å²) >= 11 is 0. The minimum Gasteiger partial charge on any atom is -0.497 e. The number of carbonyl (C=O) groups excluding carboxylic acids is 1. The molecule has 1 aromatic heterocycles. The first-order chi connectivity index (χ1) is 13.1. The summed E-state index contributed by atoms with van der Waals surface area (Å²) in [6.45, 7) is 3.32. The van der Waals surface area contributed by atoms with E-state index in [2.05, 4.69) is 17.2 Å². The molecular weight excluding hydrogens is 342 g/mol. The lowest BCUT2D eigenvalue weighted by Gasteiger charge is -2.27. The molecule has 2 aromatic rings. The Labute approximate surface area is 159 Å². The van der Waals surface area contributed by atoms with Crippen LogP contribution in [0.5, 0.6) is 5.75 Å². The molecule has 1 aromatic carbocycles. The van der Waals surface area contributed by atoms with Crippen LogP contribution in [-0.2, 0) is 17.9 Å². The average Bonchev–Trinajstić information content (AvgIpc) is 3.13. The molecule has 0 unspecified atom stereocenters. The van der Waals surface area contributed by atoms with Crippen molar-refractivity contribution in [3.63, 3.8) is 0 Å². The fraction of sp³-hybridized carbons (Fsp3) is 0.524. The molecule has 0 radical (unpaired) electrons. The second-order valence-corrected chi connectivity index (χ2v) is 7.70. The van der Waals surface area contributed by atoms with E-state index in [0.717, 1.165) is 35.8 Å². The largest absolute Gasteiger partial charge is 0.497 e. The Kier molecular flexibility index (Phi) is 5.16. The quantitative estimate of drug-likeness (QED) is 0.896. The SMILES string of the molecule is COc1ccc([C@H]2Cn3cnc(C(=O)NC4CCC(C)CC4)c3CO2)cc1. The molecule has 144 valence electrons. The molecule has 1 atom stereocenters. The lowest BCUT2D eigenvalue weighted by atomic mass is 9.87. The summed E-state index contributed by atoms with van der Waals surface area (Å²) in [5.41, 5.74) is 2.46. The third-order valence-electron chi connectivity index (χ3n) is 5.78. The average molecular weight is 369 g/mol. The summed E-state index contributed by atoms with van der Waals surface area (Å²) in [7, 11) is 1.66. The molecule has 0 spiro atoms. The normalized spacial score (nSPS) is 24.9. The van der Waals surface area contributed by atoms with Gasteiger partial charge in [-0.1, -0.05) is 19.1 Å². The third-order valence-corrected chi connectivity index (χ3v) is 5.78. The zero-order valence-electron chi connectivity index (χ0n) is 16.0. The summed E-state index contributed by atoms with van der Waals surface area (Å²) in [5, 5.41) is 3.16. The van der Waals surface area contributed by atoms with Crippen molar-refractivity contribution in [3.05, 3.63) is 47.5 Å². The van der Waals surface area contributed by atoms with Gasteiger partial charge in [-0.3, -0.25) is 4.79 Å². The fourth-order valence-corrected chi connectivity index (χ4v) is 4.00. The monoisotopic (exact) mass is 369 g/mol. The Balaban J connectivity index is 1.42. The van der Waals surface area contributed by atoms with Gasteiger partial charge in [0.05, 0.1) is 32.3 Å². The van der Waals surface area contributed by atoms with Crippen molar-refractivity contribution in [2.45, 2.75) is 57.9 Å². The number of nitrogens with one attached hydrogen (secondary N) is 1. The highest BCUT2D eigenvalue weighted by Crippen LogP contribution is 2.29. The number of ether oxygens (including phenoxy) is 2. The Bertz CT molecular complexity index is 792. The highest BCUT2D eigenvalue weighted by atomic mass is 16.5. The predicted molar refractivity (Wildman–Crippen MR) is 102 cm³/mol. The van der Waals surface area contributed by atoms with Gasteiger partial charge in [0.25, 0.3) is 5.91 Å².